The number of esters is 1. The van der Waals surface area contributed by atoms with Gasteiger partial charge >= 0.3 is 5.97 Å². The zero-order chi connectivity index (χ0) is 40.1. The summed E-state index contributed by atoms with van der Waals surface area (Å²) >= 11 is 0. The number of hydrogen-bond donors (Lipinski definition) is 0. The van der Waals surface area contributed by atoms with Crippen molar-refractivity contribution in [2.24, 2.45) is 0 Å². The van der Waals surface area contributed by atoms with Crippen molar-refractivity contribution in [3.05, 3.63) is 42.5 Å². The fourth-order valence-electron chi connectivity index (χ4n) is 4.82. The van der Waals surface area contributed by atoms with Crippen LogP contribution < -0.4 is 4.74 Å². The number of rotatable bonds is 46. The van der Waals surface area contributed by atoms with Gasteiger partial charge in [0.05, 0.1) is 145 Å². The third kappa shape index (κ3) is 38.7. The van der Waals surface area contributed by atoms with Gasteiger partial charge < -0.3 is 61.6 Å². The maximum Gasteiger partial charge on any atom is 0.330 e. The second-order valence-electron chi connectivity index (χ2n) is 12.5. The summed E-state index contributed by atoms with van der Waals surface area (Å²) < 4.78 is 70.8. The van der Waals surface area contributed by atoms with E-state index >= 15 is 0 Å². The summed E-state index contributed by atoms with van der Waals surface area (Å²) in [6, 6.07) is 8.44. The van der Waals surface area contributed by atoms with Gasteiger partial charge in [-0.15, -0.1) is 0 Å². The van der Waals surface area contributed by atoms with Gasteiger partial charge in [-0.1, -0.05) is 64.2 Å². The third-order valence-electron chi connectivity index (χ3n) is 7.85. The van der Waals surface area contributed by atoms with E-state index in [1.807, 2.05) is 0 Å². The monoisotopic (exact) mass is 803 g/mol. The van der Waals surface area contributed by atoms with Gasteiger partial charge in [-0.05, 0) is 30.5 Å². The molecule has 326 valence electrons. The molecule has 14 heteroatoms. The van der Waals surface area contributed by atoms with Crippen molar-refractivity contribution < 1.29 is 66.4 Å². The van der Waals surface area contributed by atoms with E-state index in [-0.39, 0.29) is 6.61 Å². The summed E-state index contributed by atoms with van der Waals surface area (Å²) in [5.41, 5.74) is 1.38. The van der Waals surface area contributed by atoms with Gasteiger partial charge in [0, 0.05) is 6.08 Å². The van der Waals surface area contributed by atoms with Gasteiger partial charge in [-0.3, -0.25) is 0 Å². The van der Waals surface area contributed by atoms with Gasteiger partial charge in [0.2, 0.25) is 0 Å². The molecule has 0 fully saturated rings. The molecule has 0 N–H and O–H groups in total. The number of aryl methyl sites for hydroxylation is 1. The molecule has 0 amide bonds. The molecule has 0 aliphatic rings. The lowest BCUT2D eigenvalue weighted by Crippen LogP contribution is -2.15. The Hall–Kier alpha value is -2.21. The predicted molar refractivity (Wildman–Crippen MR) is 214 cm³/mol. The smallest absolute Gasteiger partial charge is 0.330 e. The summed E-state index contributed by atoms with van der Waals surface area (Å²) in [7, 11) is 0. The second-order valence-corrected chi connectivity index (χ2v) is 12.5. The molecule has 0 radical (unpaired) electrons. The highest BCUT2D eigenvalue weighted by Crippen LogP contribution is 2.15. The Balaban J connectivity index is 1.67. The first-order chi connectivity index (χ1) is 27.8. The van der Waals surface area contributed by atoms with Gasteiger partial charge in [0.15, 0.2) is 0 Å². The first kappa shape index (κ1) is 51.8. The van der Waals surface area contributed by atoms with Gasteiger partial charge in [-0.25, -0.2) is 4.79 Å². The molecule has 0 aromatic heterocycles. The van der Waals surface area contributed by atoms with Crippen LogP contribution in [-0.2, 0) is 68.1 Å². The van der Waals surface area contributed by atoms with Crippen LogP contribution in [0.4, 0.5) is 0 Å². The number of benzene rings is 1. The van der Waals surface area contributed by atoms with Crippen LogP contribution in [0.2, 0.25) is 0 Å². The minimum atomic E-state index is -0.459. The van der Waals surface area contributed by atoms with E-state index in [0.29, 0.717) is 152 Å². The van der Waals surface area contributed by atoms with Gasteiger partial charge in [0.25, 0.3) is 0 Å². The maximum atomic E-state index is 10.9. The van der Waals surface area contributed by atoms with Crippen molar-refractivity contribution in [1.29, 1.82) is 0 Å². The molecule has 14 nitrogen and oxygen atoms in total. The van der Waals surface area contributed by atoms with E-state index in [1.54, 1.807) is 0 Å². The standard InChI is InChI=1S/C42H74O14/c1-3-5-6-7-8-9-10-11-40-12-14-41(15-13-40)55-38-36-53-34-32-51-30-28-49-26-24-47-22-20-45-18-16-44-17-19-46-21-23-48-25-27-50-29-31-52-33-35-54-37-39-56-42(43)4-2/h4,12-15H,2-3,5-11,16-39H2,1H3. The second kappa shape index (κ2) is 43.9. The molecule has 0 spiro atoms. The van der Waals surface area contributed by atoms with Crippen LogP contribution in [0.1, 0.15) is 57.4 Å². The van der Waals surface area contributed by atoms with Gasteiger partial charge in [-0.2, -0.15) is 0 Å². The normalized spacial score (nSPS) is 11.3. The highest BCUT2D eigenvalue weighted by atomic mass is 16.6. The van der Waals surface area contributed by atoms with Crippen LogP contribution in [0.25, 0.3) is 0 Å². The minimum Gasteiger partial charge on any atom is -0.491 e. The molecule has 0 unspecified atom stereocenters. The van der Waals surface area contributed by atoms with Crippen molar-refractivity contribution in [1.82, 2.24) is 0 Å². The van der Waals surface area contributed by atoms with Crippen LogP contribution >= 0.6 is 0 Å². The van der Waals surface area contributed by atoms with Crippen molar-refractivity contribution in [3.8, 4) is 5.75 Å². The van der Waals surface area contributed by atoms with E-state index in [4.69, 9.17) is 61.6 Å². The quantitative estimate of drug-likeness (QED) is 0.0481. The van der Waals surface area contributed by atoms with E-state index in [1.165, 1.54) is 50.5 Å². The number of carbonyl (C=O) groups is 1. The van der Waals surface area contributed by atoms with Crippen LogP contribution in [0, 0.1) is 0 Å². The summed E-state index contributed by atoms with van der Waals surface area (Å²) in [6.07, 6.45) is 11.6. The maximum absolute atomic E-state index is 10.9. The average molecular weight is 803 g/mol. The van der Waals surface area contributed by atoms with E-state index < -0.39 is 5.97 Å². The Morgan fingerprint density at radius 3 is 1.07 bits per heavy atom. The summed E-state index contributed by atoms with van der Waals surface area (Å²) in [6.45, 7) is 17.0. The van der Waals surface area contributed by atoms with E-state index in [9.17, 15) is 4.79 Å². The number of carbonyl (C=O) groups excluding carboxylic acids is 1. The highest BCUT2D eigenvalue weighted by Gasteiger charge is 2.00. The van der Waals surface area contributed by atoms with Crippen LogP contribution in [0.3, 0.4) is 0 Å². The SMILES string of the molecule is C=CC(=O)OCCOCCOCCOCCOCCOCCOCCOCCOCCOCCOCCOCCOc1ccc(CCCCCCCCC)cc1. The molecule has 0 atom stereocenters. The lowest BCUT2D eigenvalue weighted by molar-refractivity contribution is -0.139. The first-order valence-electron chi connectivity index (χ1n) is 20.6. The molecule has 0 saturated carbocycles. The van der Waals surface area contributed by atoms with Crippen LogP contribution in [0.15, 0.2) is 36.9 Å². The molecular formula is C42H74O14. The molecule has 0 bridgehead atoms. The Morgan fingerprint density at radius 2 is 0.732 bits per heavy atom. The highest BCUT2D eigenvalue weighted by molar-refractivity contribution is 5.81. The summed E-state index contributed by atoms with van der Waals surface area (Å²) in [5, 5.41) is 0. The third-order valence-corrected chi connectivity index (χ3v) is 7.85. The minimum absolute atomic E-state index is 0.197. The molecule has 1 aromatic rings. The van der Waals surface area contributed by atoms with Crippen LogP contribution in [0.5, 0.6) is 5.75 Å². The zero-order valence-electron chi connectivity index (χ0n) is 34.4. The summed E-state index contributed by atoms with van der Waals surface area (Å²) in [4.78, 5) is 10.9. The Labute approximate surface area is 337 Å². The molecule has 1 aromatic carbocycles. The fourth-order valence-corrected chi connectivity index (χ4v) is 4.82. The number of hydrogen-bond acceptors (Lipinski definition) is 14. The van der Waals surface area contributed by atoms with Crippen LogP contribution in [-0.4, -0.2) is 165 Å². The van der Waals surface area contributed by atoms with Gasteiger partial charge in [0.1, 0.15) is 19.0 Å². The largest absolute Gasteiger partial charge is 0.491 e. The molecule has 1 rings (SSSR count). The predicted octanol–water partition coefficient (Wildman–Crippen LogP) is 5.27. The molecule has 0 heterocycles. The number of ether oxygens (including phenoxy) is 13. The average Bonchev–Trinajstić information content (AvgIpc) is 3.22. The van der Waals surface area contributed by atoms with Crippen molar-refractivity contribution in [3.63, 3.8) is 0 Å². The topological polar surface area (TPSA) is 137 Å². The summed E-state index contributed by atoms with van der Waals surface area (Å²) in [5.74, 6) is 0.423. The zero-order valence-corrected chi connectivity index (χ0v) is 34.4. The molecule has 0 saturated heterocycles. The molecular weight excluding hydrogens is 728 g/mol. The van der Waals surface area contributed by atoms with Crippen molar-refractivity contribution in [2.75, 3.05) is 159 Å². The number of unbranched alkanes of at least 4 members (excludes halogenated alkanes) is 6. The molecule has 0 aliphatic heterocycles. The Morgan fingerprint density at radius 1 is 0.429 bits per heavy atom. The van der Waals surface area contributed by atoms with Crippen molar-refractivity contribution >= 4 is 5.97 Å². The molecule has 0 aliphatic carbocycles. The van der Waals surface area contributed by atoms with E-state index in [0.717, 1.165) is 18.2 Å². The van der Waals surface area contributed by atoms with E-state index in [2.05, 4.69) is 37.8 Å². The lowest BCUT2D eigenvalue weighted by Gasteiger charge is -2.09. The van der Waals surface area contributed by atoms with Crippen molar-refractivity contribution in [2.45, 2.75) is 58.3 Å². The Bertz CT molecular complexity index is 952. The fraction of sp³-hybridized carbons (Fsp3) is 0.786. The first-order valence-corrected chi connectivity index (χ1v) is 20.6. The lowest BCUT2D eigenvalue weighted by atomic mass is 10.0. The molecule has 56 heavy (non-hydrogen) atoms. The Kier molecular flexibility index (Phi) is 40.6.